The van der Waals surface area contributed by atoms with E-state index in [1.54, 1.807) is 13.8 Å². The van der Waals surface area contributed by atoms with Crippen LogP contribution in [-0.2, 0) is 23.8 Å². The first kappa shape index (κ1) is 18.8. The zero-order chi connectivity index (χ0) is 15.6. The second-order valence-corrected chi connectivity index (χ2v) is 4.39. The van der Waals surface area contributed by atoms with E-state index in [2.05, 4.69) is 0 Å². The minimum absolute atomic E-state index is 0.0380. The molecule has 7 heteroatoms. The van der Waals surface area contributed by atoms with Gasteiger partial charge >= 0.3 is 11.9 Å². The minimum Gasteiger partial charge on any atom is -0.480 e. The highest BCUT2D eigenvalue weighted by Gasteiger charge is 2.47. The molecular formula is C13H24O7. The van der Waals surface area contributed by atoms with Crippen molar-refractivity contribution in [3.05, 3.63) is 0 Å². The lowest BCUT2D eigenvalue weighted by molar-refractivity contribution is -0.172. The number of aliphatic hydroxyl groups is 1. The molecule has 0 spiro atoms. The van der Waals surface area contributed by atoms with Crippen LogP contribution in [-0.4, -0.2) is 61.8 Å². The number of carbonyl (C=O) groups excluding carboxylic acids is 1. The van der Waals surface area contributed by atoms with Gasteiger partial charge in [-0.1, -0.05) is 6.92 Å². The maximum atomic E-state index is 11.9. The normalized spacial score (nSPS) is 15.4. The van der Waals surface area contributed by atoms with Crippen molar-refractivity contribution in [3.63, 3.8) is 0 Å². The molecule has 2 unspecified atom stereocenters. The molecule has 2 N–H and O–H groups in total. The van der Waals surface area contributed by atoms with Crippen molar-refractivity contribution in [1.82, 2.24) is 0 Å². The molecular weight excluding hydrogens is 268 g/mol. The predicted octanol–water partition coefficient (Wildman–Crippen LogP) is 0.445. The summed E-state index contributed by atoms with van der Waals surface area (Å²) in [6.45, 7) is 3.88. The van der Waals surface area contributed by atoms with Crippen molar-refractivity contribution < 1.29 is 34.0 Å². The highest BCUT2D eigenvalue weighted by Crippen LogP contribution is 2.30. The molecule has 0 fully saturated rings. The minimum atomic E-state index is -1.74. The van der Waals surface area contributed by atoms with Gasteiger partial charge in [0.1, 0.15) is 0 Å². The van der Waals surface area contributed by atoms with E-state index >= 15 is 0 Å². The third-order valence-corrected chi connectivity index (χ3v) is 3.01. The Morgan fingerprint density at radius 2 is 1.90 bits per heavy atom. The first-order valence-electron chi connectivity index (χ1n) is 6.59. The number of hydrogen-bond donors (Lipinski definition) is 2. The first-order valence-corrected chi connectivity index (χ1v) is 6.59. The lowest BCUT2D eigenvalue weighted by atomic mass is 9.80. The lowest BCUT2D eigenvalue weighted by Crippen LogP contribution is -2.43. The van der Waals surface area contributed by atoms with Gasteiger partial charge in [-0.15, -0.1) is 0 Å². The zero-order valence-corrected chi connectivity index (χ0v) is 12.3. The Balaban J connectivity index is 4.64. The smallest absolute Gasteiger partial charge is 0.323 e. The summed E-state index contributed by atoms with van der Waals surface area (Å²) < 4.78 is 14.7. The number of aliphatic carboxylic acids is 1. The van der Waals surface area contributed by atoms with Gasteiger partial charge in [-0.25, -0.2) is 0 Å². The van der Waals surface area contributed by atoms with Crippen molar-refractivity contribution in [2.75, 3.05) is 33.5 Å². The molecule has 0 amide bonds. The van der Waals surface area contributed by atoms with Crippen molar-refractivity contribution in [3.8, 4) is 0 Å². The monoisotopic (exact) mass is 292 g/mol. The molecule has 0 heterocycles. The summed E-state index contributed by atoms with van der Waals surface area (Å²) >= 11 is 0. The molecule has 0 aliphatic heterocycles. The third kappa shape index (κ3) is 5.44. The summed E-state index contributed by atoms with van der Waals surface area (Å²) in [5, 5.41) is 19.2. The van der Waals surface area contributed by atoms with E-state index in [0.29, 0.717) is 13.2 Å². The van der Waals surface area contributed by atoms with Gasteiger partial charge in [-0.05, 0) is 13.3 Å². The van der Waals surface area contributed by atoms with Gasteiger partial charge in [-0.3, -0.25) is 9.59 Å². The van der Waals surface area contributed by atoms with Crippen LogP contribution in [0.4, 0.5) is 0 Å². The summed E-state index contributed by atoms with van der Waals surface area (Å²) in [5.74, 6) is -2.12. The Kier molecular flexibility index (Phi) is 9.11. The molecule has 0 saturated carbocycles. The average Bonchev–Trinajstić information content (AvgIpc) is 2.40. The van der Waals surface area contributed by atoms with Crippen LogP contribution in [0.5, 0.6) is 0 Å². The Bertz CT molecular complexity index is 305. The van der Waals surface area contributed by atoms with Gasteiger partial charge in [-0.2, -0.15) is 0 Å². The predicted molar refractivity (Wildman–Crippen MR) is 70.3 cm³/mol. The fraction of sp³-hybridized carbons (Fsp3) is 0.846. The van der Waals surface area contributed by atoms with E-state index in [9.17, 15) is 19.8 Å². The second-order valence-electron chi connectivity index (χ2n) is 4.39. The van der Waals surface area contributed by atoms with Crippen LogP contribution in [0.2, 0.25) is 0 Å². The van der Waals surface area contributed by atoms with Gasteiger partial charge in [0.2, 0.25) is 0 Å². The highest BCUT2D eigenvalue weighted by molar-refractivity contribution is 5.99. The number of ether oxygens (including phenoxy) is 3. The molecule has 0 aromatic rings. The molecule has 7 nitrogen and oxygen atoms in total. The van der Waals surface area contributed by atoms with Crippen LogP contribution in [0.3, 0.4) is 0 Å². The van der Waals surface area contributed by atoms with Gasteiger partial charge in [0.15, 0.2) is 5.41 Å². The number of carboxylic acids is 1. The molecule has 118 valence electrons. The lowest BCUT2D eigenvalue weighted by Gasteiger charge is -2.27. The highest BCUT2D eigenvalue weighted by atomic mass is 16.5. The first-order chi connectivity index (χ1) is 9.44. The SMILES string of the molecule is CCOC(=O)C(CC)(CC(O)COCCOC)C(=O)O. The summed E-state index contributed by atoms with van der Waals surface area (Å²) in [7, 11) is 1.52. The van der Waals surface area contributed by atoms with Crippen LogP contribution < -0.4 is 0 Å². The molecule has 0 rings (SSSR count). The molecule has 0 radical (unpaired) electrons. The van der Waals surface area contributed by atoms with E-state index in [1.807, 2.05) is 0 Å². The maximum absolute atomic E-state index is 11.9. The molecule has 0 saturated heterocycles. The molecule has 0 aromatic heterocycles. The molecule has 0 aromatic carbocycles. The van der Waals surface area contributed by atoms with Crippen LogP contribution in [0.1, 0.15) is 26.7 Å². The molecule has 0 aliphatic carbocycles. The Labute approximate surface area is 118 Å². The fourth-order valence-electron chi connectivity index (χ4n) is 1.79. The quantitative estimate of drug-likeness (QED) is 0.324. The van der Waals surface area contributed by atoms with Crippen molar-refractivity contribution in [2.24, 2.45) is 5.41 Å². The van der Waals surface area contributed by atoms with Crippen molar-refractivity contribution in [2.45, 2.75) is 32.8 Å². The maximum Gasteiger partial charge on any atom is 0.323 e. The zero-order valence-electron chi connectivity index (χ0n) is 12.3. The standard InChI is InChI=1S/C13H24O7/c1-4-13(11(15)16,12(17)20-5-2)8-10(14)9-19-7-6-18-3/h10,14H,4-9H2,1-3H3,(H,15,16). The van der Waals surface area contributed by atoms with Crippen molar-refractivity contribution in [1.29, 1.82) is 0 Å². The Hall–Kier alpha value is -1.18. The van der Waals surface area contributed by atoms with Gasteiger partial charge in [0, 0.05) is 13.5 Å². The largest absolute Gasteiger partial charge is 0.480 e. The summed E-state index contributed by atoms with van der Waals surface area (Å²) in [6, 6.07) is 0. The van der Waals surface area contributed by atoms with E-state index in [4.69, 9.17) is 14.2 Å². The van der Waals surface area contributed by atoms with E-state index in [-0.39, 0.29) is 26.1 Å². The number of aliphatic hydroxyl groups excluding tert-OH is 1. The number of carbonyl (C=O) groups is 2. The van der Waals surface area contributed by atoms with Crippen LogP contribution >= 0.6 is 0 Å². The number of hydrogen-bond acceptors (Lipinski definition) is 6. The summed E-state index contributed by atoms with van der Waals surface area (Å²) in [5.41, 5.74) is -1.74. The van der Waals surface area contributed by atoms with E-state index < -0.39 is 23.5 Å². The van der Waals surface area contributed by atoms with Gasteiger partial charge in [0.25, 0.3) is 0 Å². The molecule has 0 aliphatic rings. The van der Waals surface area contributed by atoms with Crippen molar-refractivity contribution >= 4 is 11.9 Å². The van der Waals surface area contributed by atoms with Gasteiger partial charge < -0.3 is 24.4 Å². The fourth-order valence-corrected chi connectivity index (χ4v) is 1.79. The third-order valence-electron chi connectivity index (χ3n) is 3.01. The van der Waals surface area contributed by atoms with E-state index in [0.717, 1.165) is 0 Å². The summed E-state index contributed by atoms with van der Waals surface area (Å²) in [6.07, 6.45) is -1.27. The summed E-state index contributed by atoms with van der Waals surface area (Å²) in [4.78, 5) is 23.3. The van der Waals surface area contributed by atoms with Gasteiger partial charge in [0.05, 0.1) is 32.5 Å². The number of rotatable bonds is 11. The van der Waals surface area contributed by atoms with Crippen LogP contribution in [0, 0.1) is 5.41 Å². The van der Waals surface area contributed by atoms with E-state index in [1.165, 1.54) is 7.11 Å². The van der Waals surface area contributed by atoms with Crippen LogP contribution in [0.25, 0.3) is 0 Å². The number of esters is 1. The molecule has 20 heavy (non-hydrogen) atoms. The molecule has 0 bridgehead atoms. The second kappa shape index (κ2) is 9.68. The topological polar surface area (TPSA) is 102 Å². The molecule has 2 atom stereocenters. The Morgan fingerprint density at radius 3 is 2.35 bits per heavy atom. The van der Waals surface area contributed by atoms with Crippen LogP contribution in [0.15, 0.2) is 0 Å². The number of carboxylic acid groups (broad SMARTS) is 1. The average molecular weight is 292 g/mol. The Morgan fingerprint density at radius 1 is 1.25 bits per heavy atom. The number of methoxy groups -OCH3 is 1.